The summed E-state index contributed by atoms with van der Waals surface area (Å²) < 4.78 is 5.91. The van der Waals surface area contributed by atoms with E-state index in [2.05, 4.69) is 26.5 Å². The van der Waals surface area contributed by atoms with Gasteiger partial charge >= 0.3 is 0 Å². The number of pyridine rings is 1. The van der Waals surface area contributed by atoms with Gasteiger partial charge in [-0.15, -0.1) is 0 Å². The molecule has 0 saturated carbocycles. The van der Waals surface area contributed by atoms with Crippen LogP contribution in [-0.2, 0) is 6.54 Å². The number of rotatable bonds is 7. The second kappa shape index (κ2) is 9.83. The Morgan fingerprint density at radius 2 is 2.00 bits per heavy atom. The molecule has 27 heavy (non-hydrogen) atoms. The molecule has 6 heteroatoms. The van der Waals surface area contributed by atoms with Gasteiger partial charge < -0.3 is 4.74 Å². The molecule has 0 bridgehead atoms. The first-order valence-electron chi connectivity index (χ1n) is 9.48. The van der Waals surface area contributed by atoms with E-state index < -0.39 is 0 Å². The number of nitrogens with zero attached hydrogens (tertiary/aromatic N) is 3. The lowest BCUT2D eigenvalue weighted by Gasteiger charge is -2.27. The van der Waals surface area contributed by atoms with Crippen molar-refractivity contribution in [3.05, 3.63) is 59.4 Å². The number of piperidine rings is 1. The third kappa shape index (κ3) is 5.37. The van der Waals surface area contributed by atoms with Crippen LogP contribution in [0.2, 0.25) is 0 Å². The van der Waals surface area contributed by atoms with Crippen molar-refractivity contribution in [2.75, 3.05) is 19.7 Å². The van der Waals surface area contributed by atoms with Crippen LogP contribution in [0.5, 0.6) is 5.75 Å². The molecule has 0 atom stereocenters. The third-order valence-electron chi connectivity index (χ3n) is 4.57. The molecule has 2 heterocycles. The van der Waals surface area contributed by atoms with Crippen molar-refractivity contribution in [2.45, 2.75) is 32.7 Å². The van der Waals surface area contributed by atoms with Gasteiger partial charge in [0.25, 0.3) is 5.91 Å². The van der Waals surface area contributed by atoms with Crippen molar-refractivity contribution in [1.82, 2.24) is 15.3 Å². The topological polar surface area (TPSA) is 66.8 Å². The number of hydrogen-bond acceptors (Lipinski definition) is 5. The number of carbonyl (C=O) groups excluding carboxylic acids is 1. The Hall–Kier alpha value is -2.73. The number of ether oxygens (including phenoxy) is 1. The molecular formula is C21H26N4O2. The van der Waals surface area contributed by atoms with Crippen molar-refractivity contribution in [2.24, 2.45) is 5.10 Å². The summed E-state index contributed by atoms with van der Waals surface area (Å²) in [6, 6.07) is 9.36. The minimum absolute atomic E-state index is 0.268. The van der Waals surface area contributed by atoms with Crippen LogP contribution in [0.4, 0.5) is 0 Å². The molecule has 1 N–H and O–H groups in total. The zero-order valence-electron chi connectivity index (χ0n) is 15.7. The standard InChI is InChI=1S/C21H26N4O2/c1-2-27-20-18(15-23-24-21(26)17-9-11-22-12-10-17)7-6-8-19(20)16-25-13-4-3-5-14-25/h6-12,15H,2-5,13-14,16H2,1H3,(H,24,26)/b23-15-. The minimum Gasteiger partial charge on any atom is -0.493 e. The molecule has 1 aromatic heterocycles. The zero-order chi connectivity index (χ0) is 18.9. The predicted octanol–water partition coefficient (Wildman–Crippen LogP) is 3.23. The fourth-order valence-corrected chi connectivity index (χ4v) is 3.24. The van der Waals surface area contributed by atoms with E-state index in [0.717, 1.165) is 36.5 Å². The molecule has 0 spiro atoms. The number of amides is 1. The maximum absolute atomic E-state index is 12.1. The van der Waals surface area contributed by atoms with Crippen LogP contribution in [0.1, 0.15) is 47.7 Å². The molecule has 1 saturated heterocycles. The number of hydrazone groups is 1. The van der Waals surface area contributed by atoms with Crippen LogP contribution in [-0.4, -0.2) is 41.7 Å². The summed E-state index contributed by atoms with van der Waals surface area (Å²) in [4.78, 5) is 18.5. The summed E-state index contributed by atoms with van der Waals surface area (Å²) in [7, 11) is 0. The van der Waals surface area contributed by atoms with Crippen LogP contribution in [0.15, 0.2) is 47.8 Å². The first-order chi connectivity index (χ1) is 13.3. The molecule has 1 aromatic carbocycles. The van der Waals surface area contributed by atoms with E-state index in [-0.39, 0.29) is 5.91 Å². The maximum Gasteiger partial charge on any atom is 0.271 e. The first kappa shape index (κ1) is 19.0. The molecule has 0 unspecified atom stereocenters. The SMILES string of the molecule is CCOc1c(/C=N\NC(=O)c2ccncc2)cccc1CN1CCCCC1. The maximum atomic E-state index is 12.1. The largest absolute Gasteiger partial charge is 0.493 e. The number of benzene rings is 1. The van der Waals surface area contributed by atoms with E-state index in [1.807, 2.05) is 19.1 Å². The van der Waals surface area contributed by atoms with Crippen LogP contribution in [0, 0.1) is 0 Å². The smallest absolute Gasteiger partial charge is 0.271 e. The highest BCUT2D eigenvalue weighted by Gasteiger charge is 2.15. The second-order valence-corrected chi connectivity index (χ2v) is 6.54. The Morgan fingerprint density at radius 3 is 2.74 bits per heavy atom. The number of likely N-dealkylation sites (tertiary alicyclic amines) is 1. The van der Waals surface area contributed by atoms with E-state index in [0.29, 0.717) is 12.2 Å². The van der Waals surface area contributed by atoms with Gasteiger partial charge in [0.05, 0.1) is 12.8 Å². The average molecular weight is 366 g/mol. The van der Waals surface area contributed by atoms with E-state index >= 15 is 0 Å². The van der Waals surface area contributed by atoms with Gasteiger partial charge in [0, 0.05) is 35.6 Å². The Labute approximate surface area is 160 Å². The number of aromatic nitrogens is 1. The molecule has 1 aliphatic heterocycles. The number of para-hydroxylation sites is 1. The quantitative estimate of drug-likeness (QED) is 0.603. The summed E-state index contributed by atoms with van der Waals surface area (Å²) >= 11 is 0. The second-order valence-electron chi connectivity index (χ2n) is 6.54. The summed E-state index contributed by atoms with van der Waals surface area (Å²) in [6.45, 7) is 5.70. The molecule has 1 aliphatic rings. The predicted molar refractivity (Wildman–Crippen MR) is 106 cm³/mol. The van der Waals surface area contributed by atoms with Crippen LogP contribution >= 0.6 is 0 Å². The Morgan fingerprint density at radius 1 is 1.22 bits per heavy atom. The van der Waals surface area contributed by atoms with Gasteiger partial charge in [-0.05, 0) is 51.1 Å². The summed E-state index contributed by atoms with van der Waals surface area (Å²) in [6.07, 6.45) is 8.63. The van der Waals surface area contributed by atoms with Crippen molar-refractivity contribution in [3.8, 4) is 5.75 Å². The number of nitrogens with one attached hydrogen (secondary N) is 1. The van der Waals surface area contributed by atoms with E-state index in [1.54, 1.807) is 30.7 Å². The molecule has 2 aromatic rings. The lowest BCUT2D eigenvalue weighted by Crippen LogP contribution is -2.29. The molecule has 1 fully saturated rings. The van der Waals surface area contributed by atoms with Gasteiger partial charge in [-0.25, -0.2) is 5.43 Å². The highest BCUT2D eigenvalue weighted by Crippen LogP contribution is 2.25. The number of hydrogen-bond donors (Lipinski definition) is 1. The van der Waals surface area contributed by atoms with E-state index in [1.165, 1.54) is 19.3 Å². The fraction of sp³-hybridized carbons (Fsp3) is 0.381. The zero-order valence-corrected chi connectivity index (χ0v) is 15.7. The molecule has 0 radical (unpaired) electrons. The minimum atomic E-state index is -0.268. The van der Waals surface area contributed by atoms with Crippen molar-refractivity contribution in [1.29, 1.82) is 0 Å². The van der Waals surface area contributed by atoms with Gasteiger partial charge in [0.15, 0.2) is 0 Å². The number of carbonyl (C=O) groups is 1. The molecule has 1 amide bonds. The molecule has 6 nitrogen and oxygen atoms in total. The van der Waals surface area contributed by atoms with Crippen molar-refractivity contribution < 1.29 is 9.53 Å². The Kier molecular flexibility index (Phi) is 6.93. The first-order valence-corrected chi connectivity index (χ1v) is 9.48. The normalized spacial score (nSPS) is 15.0. The van der Waals surface area contributed by atoms with E-state index in [4.69, 9.17) is 4.74 Å². The average Bonchev–Trinajstić information content (AvgIpc) is 2.71. The summed E-state index contributed by atoms with van der Waals surface area (Å²) in [5.74, 6) is 0.573. The van der Waals surface area contributed by atoms with Crippen molar-refractivity contribution in [3.63, 3.8) is 0 Å². The van der Waals surface area contributed by atoms with Gasteiger partial charge in [0.2, 0.25) is 0 Å². The van der Waals surface area contributed by atoms with Crippen LogP contribution in [0.25, 0.3) is 0 Å². The van der Waals surface area contributed by atoms with Gasteiger partial charge in [-0.1, -0.05) is 18.6 Å². The third-order valence-corrected chi connectivity index (χ3v) is 4.57. The van der Waals surface area contributed by atoms with Gasteiger partial charge in [-0.3, -0.25) is 14.7 Å². The monoisotopic (exact) mass is 366 g/mol. The van der Waals surface area contributed by atoms with Crippen molar-refractivity contribution >= 4 is 12.1 Å². The lowest BCUT2D eigenvalue weighted by atomic mass is 10.1. The summed E-state index contributed by atoms with van der Waals surface area (Å²) in [5.41, 5.74) is 5.09. The molecule has 3 rings (SSSR count). The molecule has 0 aliphatic carbocycles. The van der Waals surface area contributed by atoms with Crippen LogP contribution < -0.4 is 10.2 Å². The van der Waals surface area contributed by atoms with Crippen LogP contribution in [0.3, 0.4) is 0 Å². The lowest BCUT2D eigenvalue weighted by molar-refractivity contribution is 0.0955. The Balaban J connectivity index is 1.71. The van der Waals surface area contributed by atoms with Gasteiger partial charge in [-0.2, -0.15) is 5.10 Å². The Bertz CT molecular complexity index is 771. The molecular weight excluding hydrogens is 340 g/mol. The van der Waals surface area contributed by atoms with E-state index in [9.17, 15) is 4.79 Å². The summed E-state index contributed by atoms with van der Waals surface area (Å²) in [5, 5.41) is 4.11. The fourth-order valence-electron chi connectivity index (χ4n) is 3.24. The molecule has 142 valence electrons. The van der Waals surface area contributed by atoms with Gasteiger partial charge in [0.1, 0.15) is 5.75 Å². The highest BCUT2D eigenvalue weighted by atomic mass is 16.5. The highest BCUT2D eigenvalue weighted by molar-refractivity contribution is 5.95.